The lowest BCUT2D eigenvalue weighted by atomic mass is 10.3. The van der Waals surface area contributed by atoms with Gasteiger partial charge in [0.05, 0.1) is 27.8 Å². The minimum absolute atomic E-state index is 0.664. The average molecular weight is 306 g/mol. The first-order valence-electron chi connectivity index (χ1n) is 5.00. The van der Waals surface area contributed by atoms with Crippen LogP contribution in [0, 0.1) is 0 Å². The van der Waals surface area contributed by atoms with Crippen LogP contribution in [0.15, 0.2) is 41.0 Å². The quantitative estimate of drug-likeness (QED) is 0.746. The molecule has 0 atom stereocenters. The van der Waals surface area contributed by atoms with E-state index in [1.54, 1.807) is 17.5 Å². The molecule has 0 aliphatic carbocycles. The van der Waals surface area contributed by atoms with Gasteiger partial charge in [-0.2, -0.15) is 0 Å². The number of nitrogens with two attached hydrogens (primary N) is 1. The number of nitrogens with zero attached hydrogens (tertiary/aromatic N) is 2. The Morgan fingerprint density at radius 1 is 1.18 bits per heavy atom. The van der Waals surface area contributed by atoms with E-state index in [1.165, 1.54) is 0 Å². The van der Waals surface area contributed by atoms with Crippen molar-refractivity contribution in [3.63, 3.8) is 0 Å². The number of rotatable bonds is 1. The number of thiazole rings is 1. The van der Waals surface area contributed by atoms with E-state index < -0.39 is 0 Å². The maximum Gasteiger partial charge on any atom is 0.143 e. The lowest BCUT2D eigenvalue weighted by Gasteiger charge is -1.94. The summed E-state index contributed by atoms with van der Waals surface area (Å²) < 4.78 is 2.21. The molecule has 3 aromatic rings. The molecule has 0 amide bonds. The second kappa shape index (κ2) is 4.09. The van der Waals surface area contributed by atoms with Crippen LogP contribution in [0.25, 0.3) is 20.9 Å². The van der Waals surface area contributed by atoms with Crippen molar-refractivity contribution in [1.82, 2.24) is 9.97 Å². The molecule has 2 aromatic heterocycles. The fraction of sp³-hybridized carbons (Fsp3) is 0. The van der Waals surface area contributed by atoms with Gasteiger partial charge in [-0.3, -0.25) is 4.98 Å². The third-order valence-electron chi connectivity index (χ3n) is 2.36. The summed E-state index contributed by atoms with van der Waals surface area (Å²) in [7, 11) is 0. The van der Waals surface area contributed by atoms with Crippen LogP contribution in [-0.4, -0.2) is 9.97 Å². The minimum atomic E-state index is 0.664. The standard InChI is InChI=1S/C12H8BrN3S/c13-7-1-3-9-11(5-7)17-12(16-9)10-4-2-8(14)6-15-10/h1-6H,14H2. The summed E-state index contributed by atoms with van der Waals surface area (Å²) in [4.78, 5) is 8.83. The zero-order valence-corrected chi connectivity index (χ0v) is 11.1. The molecule has 0 saturated carbocycles. The molecule has 0 aliphatic heterocycles. The fourth-order valence-corrected chi connectivity index (χ4v) is 3.03. The largest absolute Gasteiger partial charge is 0.397 e. The minimum Gasteiger partial charge on any atom is -0.397 e. The van der Waals surface area contributed by atoms with Crippen LogP contribution in [0.3, 0.4) is 0 Å². The number of hydrogen-bond donors (Lipinski definition) is 1. The van der Waals surface area contributed by atoms with Crippen LogP contribution in [0.5, 0.6) is 0 Å². The Kier molecular flexibility index (Phi) is 2.57. The molecule has 0 saturated heterocycles. The van der Waals surface area contributed by atoms with Crippen LogP contribution in [0.2, 0.25) is 0 Å². The topological polar surface area (TPSA) is 51.8 Å². The first-order valence-corrected chi connectivity index (χ1v) is 6.61. The van der Waals surface area contributed by atoms with Crippen LogP contribution in [0.1, 0.15) is 0 Å². The Hall–Kier alpha value is -1.46. The second-order valence-corrected chi connectivity index (χ2v) is 5.55. The summed E-state index contributed by atoms with van der Waals surface area (Å²) in [6.07, 6.45) is 1.65. The van der Waals surface area contributed by atoms with Gasteiger partial charge in [0.15, 0.2) is 0 Å². The summed E-state index contributed by atoms with van der Waals surface area (Å²) >= 11 is 5.08. The van der Waals surface area contributed by atoms with Crippen LogP contribution < -0.4 is 5.73 Å². The number of anilines is 1. The van der Waals surface area contributed by atoms with E-state index in [9.17, 15) is 0 Å². The van der Waals surface area contributed by atoms with Gasteiger partial charge in [-0.1, -0.05) is 15.9 Å². The van der Waals surface area contributed by atoms with E-state index in [1.807, 2.05) is 24.3 Å². The zero-order chi connectivity index (χ0) is 11.8. The summed E-state index contributed by atoms with van der Waals surface area (Å²) in [5.74, 6) is 0. The van der Waals surface area contributed by atoms with Gasteiger partial charge in [-0.15, -0.1) is 11.3 Å². The molecule has 3 nitrogen and oxygen atoms in total. The Labute approximate surface area is 110 Å². The maximum atomic E-state index is 5.61. The molecule has 1 aromatic carbocycles. The highest BCUT2D eigenvalue weighted by Gasteiger charge is 2.07. The van der Waals surface area contributed by atoms with Gasteiger partial charge in [0.25, 0.3) is 0 Å². The SMILES string of the molecule is Nc1ccc(-c2nc3ccc(Br)cc3s2)nc1. The molecule has 0 radical (unpaired) electrons. The van der Waals surface area contributed by atoms with Gasteiger partial charge in [0, 0.05) is 4.47 Å². The molecule has 0 aliphatic rings. The molecule has 3 rings (SSSR count). The highest BCUT2D eigenvalue weighted by Crippen LogP contribution is 2.30. The zero-order valence-electron chi connectivity index (χ0n) is 8.72. The molecule has 84 valence electrons. The predicted molar refractivity (Wildman–Crippen MR) is 75.0 cm³/mol. The van der Waals surface area contributed by atoms with Crippen molar-refractivity contribution in [2.45, 2.75) is 0 Å². The highest BCUT2D eigenvalue weighted by atomic mass is 79.9. The molecule has 0 unspecified atom stereocenters. The van der Waals surface area contributed by atoms with Crippen molar-refractivity contribution in [1.29, 1.82) is 0 Å². The third kappa shape index (κ3) is 2.03. The van der Waals surface area contributed by atoms with E-state index in [2.05, 4.69) is 32.0 Å². The van der Waals surface area contributed by atoms with E-state index in [0.29, 0.717) is 5.69 Å². The van der Waals surface area contributed by atoms with Crippen molar-refractivity contribution >= 4 is 43.2 Å². The molecule has 2 N–H and O–H groups in total. The normalized spacial score (nSPS) is 10.9. The molecule has 0 fully saturated rings. The van der Waals surface area contributed by atoms with Gasteiger partial charge >= 0.3 is 0 Å². The first kappa shape index (κ1) is 10.7. The van der Waals surface area contributed by atoms with Gasteiger partial charge in [0.1, 0.15) is 5.01 Å². The maximum absolute atomic E-state index is 5.61. The highest BCUT2D eigenvalue weighted by molar-refractivity contribution is 9.10. The van der Waals surface area contributed by atoms with E-state index >= 15 is 0 Å². The number of hydrogen-bond acceptors (Lipinski definition) is 4. The summed E-state index contributed by atoms with van der Waals surface area (Å²) in [5.41, 5.74) is 8.13. The van der Waals surface area contributed by atoms with Crippen LogP contribution >= 0.6 is 27.3 Å². The molecule has 2 heterocycles. The lowest BCUT2D eigenvalue weighted by Crippen LogP contribution is -1.87. The van der Waals surface area contributed by atoms with E-state index in [4.69, 9.17) is 5.73 Å². The van der Waals surface area contributed by atoms with Crippen molar-refractivity contribution in [2.75, 3.05) is 5.73 Å². The first-order chi connectivity index (χ1) is 8.22. The molecule has 17 heavy (non-hydrogen) atoms. The molecular formula is C12H8BrN3S. The number of benzene rings is 1. The van der Waals surface area contributed by atoms with Crippen LogP contribution in [0.4, 0.5) is 5.69 Å². The molecule has 5 heteroatoms. The Morgan fingerprint density at radius 3 is 2.82 bits per heavy atom. The van der Waals surface area contributed by atoms with Crippen LogP contribution in [-0.2, 0) is 0 Å². The molecule has 0 bridgehead atoms. The lowest BCUT2D eigenvalue weighted by molar-refractivity contribution is 1.31. The second-order valence-electron chi connectivity index (χ2n) is 3.61. The number of nitrogen functional groups attached to an aromatic ring is 1. The van der Waals surface area contributed by atoms with Crippen molar-refractivity contribution in [2.24, 2.45) is 0 Å². The Bertz CT molecular complexity index is 676. The average Bonchev–Trinajstić information content (AvgIpc) is 2.72. The van der Waals surface area contributed by atoms with Crippen molar-refractivity contribution in [3.05, 3.63) is 41.0 Å². The fourth-order valence-electron chi connectivity index (χ4n) is 1.54. The number of fused-ring (bicyclic) bond motifs is 1. The number of aromatic nitrogens is 2. The predicted octanol–water partition coefficient (Wildman–Crippen LogP) is 3.70. The number of halogens is 1. The van der Waals surface area contributed by atoms with E-state index in [-0.39, 0.29) is 0 Å². The van der Waals surface area contributed by atoms with Gasteiger partial charge in [0.2, 0.25) is 0 Å². The Balaban J connectivity index is 2.14. The van der Waals surface area contributed by atoms with Gasteiger partial charge in [-0.05, 0) is 30.3 Å². The number of pyridine rings is 1. The summed E-state index contributed by atoms with van der Waals surface area (Å²) in [6, 6.07) is 9.78. The molecular weight excluding hydrogens is 298 g/mol. The van der Waals surface area contributed by atoms with Gasteiger partial charge in [-0.25, -0.2) is 4.98 Å². The summed E-state index contributed by atoms with van der Waals surface area (Å²) in [5, 5.41) is 0.915. The third-order valence-corrected chi connectivity index (χ3v) is 3.89. The van der Waals surface area contributed by atoms with Crippen molar-refractivity contribution in [3.8, 4) is 10.7 Å². The molecule has 0 spiro atoms. The Morgan fingerprint density at radius 2 is 2.06 bits per heavy atom. The van der Waals surface area contributed by atoms with E-state index in [0.717, 1.165) is 25.4 Å². The van der Waals surface area contributed by atoms with Gasteiger partial charge < -0.3 is 5.73 Å². The smallest absolute Gasteiger partial charge is 0.143 e. The monoisotopic (exact) mass is 305 g/mol. The summed E-state index contributed by atoms with van der Waals surface area (Å²) in [6.45, 7) is 0. The van der Waals surface area contributed by atoms with Crippen molar-refractivity contribution < 1.29 is 0 Å².